The monoisotopic (exact) mass is 242 g/mol. The molecule has 0 heterocycles. The number of hydrogen-bond acceptors (Lipinski definition) is 2. The molecule has 2 heteroatoms. The smallest absolute Gasteiger partial charge is 0.310 e. The molecule has 0 aromatic heterocycles. The number of allylic oxidation sites excluding steroid dienone is 2. The molecule has 0 unspecified atom stereocenters. The van der Waals surface area contributed by atoms with Crippen molar-refractivity contribution in [1.29, 1.82) is 0 Å². The fraction of sp³-hybridized carbons (Fsp3) is 0.438. The van der Waals surface area contributed by atoms with Gasteiger partial charge in [-0.15, -0.1) is 0 Å². The number of benzene rings is 1. The van der Waals surface area contributed by atoms with Gasteiger partial charge in [0.15, 0.2) is 0 Å². The molecule has 0 saturated heterocycles. The maximum absolute atomic E-state index is 11.7. The maximum atomic E-state index is 11.7. The molecule has 1 saturated carbocycles. The lowest BCUT2D eigenvalue weighted by Crippen LogP contribution is -2.18. The average molecular weight is 242 g/mol. The Labute approximate surface area is 108 Å². The largest absolute Gasteiger partial charge is 0.465 e. The van der Waals surface area contributed by atoms with Crippen molar-refractivity contribution in [2.45, 2.75) is 19.3 Å². The van der Waals surface area contributed by atoms with Crippen LogP contribution in [0.2, 0.25) is 0 Å². The van der Waals surface area contributed by atoms with Gasteiger partial charge < -0.3 is 4.74 Å². The van der Waals surface area contributed by atoms with Gasteiger partial charge in [0, 0.05) is 0 Å². The first-order valence-corrected chi connectivity index (χ1v) is 6.69. The molecule has 3 atom stereocenters. The number of esters is 1. The SMILES string of the molecule is O=C(Cc1ccccc1)OC[C@H]1C[C@@H]2C=C[C@H]1C2. The van der Waals surface area contributed by atoms with Crippen molar-refractivity contribution in [3.63, 3.8) is 0 Å². The summed E-state index contributed by atoms with van der Waals surface area (Å²) >= 11 is 0. The molecule has 18 heavy (non-hydrogen) atoms. The third-order valence-corrected chi connectivity index (χ3v) is 4.07. The molecule has 0 amide bonds. The van der Waals surface area contributed by atoms with Gasteiger partial charge in [0.05, 0.1) is 13.0 Å². The van der Waals surface area contributed by atoms with Crippen LogP contribution in [0.4, 0.5) is 0 Å². The average Bonchev–Trinajstić information content (AvgIpc) is 3.00. The zero-order chi connectivity index (χ0) is 12.4. The van der Waals surface area contributed by atoms with E-state index in [4.69, 9.17) is 4.74 Å². The van der Waals surface area contributed by atoms with Gasteiger partial charge >= 0.3 is 5.97 Å². The Balaban J connectivity index is 1.46. The number of fused-ring (bicyclic) bond motifs is 2. The van der Waals surface area contributed by atoms with Crippen LogP contribution in [0.1, 0.15) is 18.4 Å². The van der Waals surface area contributed by atoms with E-state index < -0.39 is 0 Å². The highest BCUT2D eigenvalue weighted by Crippen LogP contribution is 2.43. The number of rotatable bonds is 4. The minimum atomic E-state index is -0.104. The molecule has 0 aliphatic heterocycles. The summed E-state index contributed by atoms with van der Waals surface area (Å²) in [4.78, 5) is 11.7. The van der Waals surface area contributed by atoms with Crippen LogP contribution in [0.3, 0.4) is 0 Å². The van der Waals surface area contributed by atoms with Gasteiger partial charge in [-0.05, 0) is 36.2 Å². The summed E-state index contributed by atoms with van der Waals surface area (Å²) in [6, 6.07) is 9.77. The van der Waals surface area contributed by atoms with Gasteiger partial charge in [0.2, 0.25) is 0 Å². The number of hydrogen-bond donors (Lipinski definition) is 0. The molecule has 94 valence electrons. The van der Waals surface area contributed by atoms with E-state index in [0.717, 1.165) is 11.5 Å². The molecule has 1 aromatic carbocycles. The van der Waals surface area contributed by atoms with E-state index in [9.17, 15) is 4.79 Å². The summed E-state index contributed by atoms with van der Waals surface area (Å²) < 4.78 is 5.41. The highest BCUT2D eigenvalue weighted by Gasteiger charge is 2.36. The molecular formula is C16H18O2. The van der Waals surface area contributed by atoms with Crippen LogP contribution in [0.5, 0.6) is 0 Å². The Kier molecular flexibility index (Phi) is 3.18. The van der Waals surface area contributed by atoms with E-state index in [-0.39, 0.29) is 5.97 Å². The topological polar surface area (TPSA) is 26.3 Å². The number of carbonyl (C=O) groups excluding carboxylic acids is 1. The first kappa shape index (κ1) is 11.5. The minimum Gasteiger partial charge on any atom is -0.465 e. The standard InChI is InChI=1S/C16H18O2/c17-16(10-12-4-2-1-3-5-12)18-11-15-9-13-6-7-14(15)8-13/h1-7,13-15H,8-11H2/t13-,14+,15-/m1/s1. The summed E-state index contributed by atoms with van der Waals surface area (Å²) in [6.07, 6.45) is 7.45. The van der Waals surface area contributed by atoms with Crippen LogP contribution >= 0.6 is 0 Å². The normalized spacial score (nSPS) is 28.6. The zero-order valence-corrected chi connectivity index (χ0v) is 10.4. The summed E-state index contributed by atoms with van der Waals surface area (Å²) in [5.74, 6) is 1.85. The van der Waals surface area contributed by atoms with Crippen LogP contribution in [0.25, 0.3) is 0 Å². The predicted octanol–water partition coefficient (Wildman–Crippen LogP) is 2.98. The van der Waals surface area contributed by atoms with Gasteiger partial charge in [-0.1, -0.05) is 42.5 Å². The maximum Gasteiger partial charge on any atom is 0.310 e. The summed E-state index contributed by atoms with van der Waals surface area (Å²) in [5.41, 5.74) is 1.02. The molecule has 1 aromatic rings. The summed E-state index contributed by atoms with van der Waals surface area (Å²) in [5, 5.41) is 0. The Hall–Kier alpha value is -1.57. The molecule has 3 rings (SSSR count). The second-order valence-corrected chi connectivity index (χ2v) is 5.39. The van der Waals surface area contributed by atoms with E-state index >= 15 is 0 Å². The molecule has 0 radical (unpaired) electrons. The van der Waals surface area contributed by atoms with Crippen molar-refractivity contribution in [1.82, 2.24) is 0 Å². The zero-order valence-electron chi connectivity index (χ0n) is 10.4. The first-order chi connectivity index (χ1) is 8.81. The number of carbonyl (C=O) groups is 1. The molecule has 2 bridgehead atoms. The quantitative estimate of drug-likeness (QED) is 0.599. The summed E-state index contributed by atoms with van der Waals surface area (Å²) in [7, 11) is 0. The van der Waals surface area contributed by atoms with Gasteiger partial charge in [-0.25, -0.2) is 0 Å². The van der Waals surface area contributed by atoms with Gasteiger partial charge in [0.25, 0.3) is 0 Å². The molecule has 2 nitrogen and oxygen atoms in total. The van der Waals surface area contributed by atoms with E-state index in [2.05, 4.69) is 12.2 Å². The molecule has 1 fully saturated rings. The van der Waals surface area contributed by atoms with Crippen LogP contribution in [-0.4, -0.2) is 12.6 Å². The van der Waals surface area contributed by atoms with Crippen molar-refractivity contribution >= 4 is 5.97 Å². The van der Waals surface area contributed by atoms with Crippen LogP contribution in [0.15, 0.2) is 42.5 Å². The predicted molar refractivity (Wildman–Crippen MR) is 69.9 cm³/mol. The second kappa shape index (κ2) is 4.97. The summed E-state index contributed by atoms with van der Waals surface area (Å²) in [6.45, 7) is 0.594. The van der Waals surface area contributed by atoms with Crippen molar-refractivity contribution in [3.8, 4) is 0 Å². The molecule has 0 N–H and O–H groups in total. The number of ether oxygens (including phenoxy) is 1. The van der Waals surface area contributed by atoms with Crippen molar-refractivity contribution in [2.75, 3.05) is 6.61 Å². The Bertz CT molecular complexity index is 449. The van der Waals surface area contributed by atoms with Crippen LogP contribution in [0, 0.1) is 17.8 Å². The van der Waals surface area contributed by atoms with Gasteiger partial charge in [-0.3, -0.25) is 4.79 Å². The lowest BCUT2D eigenvalue weighted by Gasteiger charge is -2.17. The fourth-order valence-electron chi connectivity index (χ4n) is 3.10. The first-order valence-electron chi connectivity index (χ1n) is 6.69. The van der Waals surface area contributed by atoms with Gasteiger partial charge in [0.1, 0.15) is 0 Å². The van der Waals surface area contributed by atoms with Crippen molar-refractivity contribution < 1.29 is 9.53 Å². The van der Waals surface area contributed by atoms with E-state index in [1.54, 1.807) is 0 Å². The Morgan fingerprint density at radius 3 is 2.67 bits per heavy atom. The van der Waals surface area contributed by atoms with Crippen molar-refractivity contribution in [3.05, 3.63) is 48.0 Å². The highest BCUT2D eigenvalue weighted by molar-refractivity contribution is 5.72. The molecular weight excluding hydrogens is 224 g/mol. The molecule has 0 spiro atoms. The Morgan fingerprint density at radius 2 is 2.00 bits per heavy atom. The fourth-order valence-corrected chi connectivity index (χ4v) is 3.10. The lowest BCUT2D eigenvalue weighted by molar-refractivity contribution is -0.144. The third kappa shape index (κ3) is 2.47. The minimum absolute atomic E-state index is 0.104. The van der Waals surface area contributed by atoms with Gasteiger partial charge in [-0.2, -0.15) is 0 Å². The third-order valence-electron chi connectivity index (χ3n) is 4.07. The second-order valence-electron chi connectivity index (χ2n) is 5.39. The Morgan fingerprint density at radius 1 is 1.17 bits per heavy atom. The molecule has 2 aliphatic rings. The highest BCUT2D eigenvalue weighted by atomic mass is 16.5. The van der Waals surface area contributed by atoms with Crippen LogP contribution in [-0.2, 0) is 16.0 Å². The van der Waals surface area contributed by atoms with E-state index in [1.807, 2.05) is 30.3 Å². The van der Waals surface area contributed by atoms with Crippen LogP contribution < -0.4 is 0 Å². The van der Waals surface area contributed by atoms with Crippen molar-refractivity contribution in [2.24, 2.45) is 17.8 Å². The lowest BCUT2D eigenvalue weighted by atomic mass is 9.95. The molecule has 2 aliphatic carbocycles. The van der Waals surface area contributed by atoms with E-state index in [1.165, 1.54) is 12.8 Å². The van der Waals surface area contributed by atoms with E-state index in [0.29, 0.717) is 24.9 Å².